The molecule has 2 amide bonds. The topological polar surface area (TPSA) is 79.9 Å². The monoisotopic (exact) mass is 487 g/mol. The zero-order chi connectivity index (χ0) is 24.9. The van der Waals surface area contributed by atoms with E-state index in [0.717, 1.165) is 16.8 Å². The smallest absolute Gasteiger partial charge is 0.281 e. The van der Waals surface area contributed by atoms with E-state index < -0.39 is 0 Å². The maximum atomic E-state index is 13.0. The molecule has 2 N–H and O–H groups in total. The second-order valence-electron chi connectivity index (χ2n) is 8.03. The van der Waals surface area contributed by atoms with Crippen molar-refractivity contribution in [3.05, 3.63) is 89.1 Å². The number of hydrogen-bond acceptors (Lipinski definition) is 5. The molecule has 7 nitrogen and oxygen atoms in total. The summed E-state index contributed by atoms with van der Waals surface area (Å²) in [6, 6.07) is 20.3. The van der Waals surface area contributed by atoms with E-state index in [-0.39, 0.29) is 18.4 Å². The molecular weight excluding hydrogens is 462 g/mol. The van der Waals surface area contributed by atoms with Crippen LogP contribution in [0.4, 0.5) is 11.4 Å². The Hall–Kier alpha value is -4.17. The van der Waals surface area contributed by atoms with Crippen LogP contribution in [0.25, 0.3) is 6.08 Å². The Bertz CT molecular complexity index is 1320. The van der Waals surface area contributed by atoms with Gasteiger partial charge in [0.1, 0.15) is 5.70 Å². The van der Waals surface area contributed by atoms with E-state index in [1.165, 1.54) is 12.0 Å². The number of para-hydroxylation sites is 1. The summed E-state index contributed by atoms with van der Waals surface area (Å²) in [5, 5.41) is 6.10. The van der Waals surface area contributed by atoms with Crippen LogP contribution in [0.15, 0.2) is 72.4 Å². The molecule has 0 spiro atoms. The molecule has 0 radical (unpaired) electrons. The Morgan fingerprint density at radius 2 is 1.80 bits per heavy atom. The summed E-state index contributed by atoms with van der Waals surface area (Å²) in [6.07, 6.45) is 1.70. The van der Waals surface area contributed by atoms with Gasteiger partial charge in [0, 0.05) is 5.69 Å². The van der Waals surface area contributed by atoms with Gasteiger partial charge in [-0.15, -0.1) is 0 Å². The Morgan fingerprint density at radius 3 is 2.51 bits per heavy atom. The van der Waals surface area contributed by atoms with Gasteiger partial charge < -0.3 is 20.1 Å². The minimum absolute atomic E-state index is 0.176. The summed E-state index contributed by atoms with van der Waals surface area (Å²) in [4.78, 5) is 26.8. The minimum atomic E-state index is -0.285. The summed E-state index contributed by atoms with van der Waals surface area (Å²) in [5.41, 5.74) is 4.56. The zero-order valence-electron chi connectivity index (χ0n) is 19.6. The van der Waals surface area contributed by atoms with E-state index in [9.17, 15) is 9.59 Å². The second kappa shape index (κ2) is 10.4. The van der Waals surface area contributed by atoms with E-state index in [1.807, 2.05) is 62.4 Å². The highest BCUT2D eigenvalue weighted by Gasteiger charge is 2.32. The van der Waals surface area contributed by atoms with Crippen LogP contribution in [0.2, 0.25) is 0 Å². The maximum absolute atomic E-state index is 13.0. The summed E-state index contributed by atoms with van der Waals surface area (Å²) in [6.45, 7) is 3.73. The third kappa shape index (κ3) is 5.50. The average Bonchev–Trinajstić information content (AvgIpc) is 3.12. The van der Waals surface area contributed by atoms with Crippen LogP contribution in [0.1, 0.15) is 16.7 Å². The van der Waals surface area contributed by atoms with Gasteiger partial charge in [-0.05, 0) is 73.6 Å². The zero-order valence-corrected chi connectivity index (χ0v) is 20.4. The molecule has 1 saturated heterocycles. The molecule has 35 heavy (non-hydrogen) atoms. The predicted octanol–water partition coefficient (Wildman–Crippen LogP) is 4.59. The summed E-state index contributed by atoms with van der Waals surface area (Å²) in [7, 11) is 1.51. The van der Waals surface area contributed by atoms with Crippen molar-refractivity contribution < 1.29 is 19.1 Å². The Balaban J connectivity index is 1.46. The minimum Gasteiger partial charge on any atom is -0.493 e. The fourth-order valence-electron chi connectivity index (χ4n) is 3.61. The lowest BCUT2D eigenvalue weighted by Gasteiger charge is -2.16. The molecule has 1 fully saturated rings. The molecular formula is C27H25N3O4S. The quantitative estimate of drug-likeness (QED) is 0.375. The van der Waals surface area contributed by atoms with Gasteiger partial charge in [0.25, 0.3) is 11.8 Å². The van der Waals surface area contributed by atoms with Crippen molar-refractivity contribution in [1.29, 1.82) is 0 Å². The van der Waals surface area contributed by atoms with Crippen molar-refractivity contribution in [2.24, 2.45) is 0 Å². The molecule has 8 heteroatoms. The standard InChI is InChI=1S/C27H25N3O4S/c1-17-8-11-20(12-9-17)28-25(31)16-34-23-13-10-19(15-24(23)33-3)14-21-26(32)30(27(35)29-21)22-7-5-4-6-18(22)2/h4-15H,16H2,1-3H3,(H,28,31)(H,29,35)/b21-14+. The van der Waals surface area contributed by atoms with Crippen molar-refractivity contribution in [2.45, 2.75) is 13.8 Å². The molecule has 4 rings (SSSR count). The van der Waals surface area contributed by atoms with Crippen molar-refractivity contribution in [3.8, 4) is 11.5 Å². The number of hydrogen-bond donors (Lipinski definition) is 2. The van der Waals surface area contributed by atoms with E-state index in [1.54, 1.807) is 24.3 Å². The molecule has 1 aliphatic heterocycles. The van der Waals surface area contributed by atoms with Gasteiger partial charge in [0.15, 0.2) is 23.2 Å². The van der Waals surface area contributed by atoms with Crippen LogP contribution in [-0.2, 0) is 9.59 Å². The number of aryl methyl sites for hydroxylation is 2. The molecule has 0 unspecified atom stereocenters. The largest absolute Gasteiger partial charge is 0.493 e. The number of carbonyl (C=O) groups excluding carboxylic acids is 2. The highest BCUT2D eigenvalue weighted by Crippen LogP contribution is 2.30. The Labute approximate surface area is 209 Å². The molecule has 1 heterocycles. The highest BCUT2D eigenvalue weighted by atomic mass is 32.1. The van der Waals surface area contributed by atoms with E-state index in [4.69, 9.17) is 21.7 Å². The molecule has 0 bridgehead atoms. The van der Waals surface area contributed by atoms with Crippen LogP contribution in [0, 0.1) is 13.8 Å². The van der Waals surface area contributed by atoms with Crippen LogP contribution >= 0.6 is 12.2 Å². The Kier molecular flexibility index (Phi) is 7.12. The van der Waals surface area contributed by atoms with Crippen molar-refractivity contribution >= 4 is 46.6 Å². The number of thiocarbonyl (C=S) groups is 1. The first-order valence-electron chi connectivity index (χ1n) is 11.0. The second-order valence-corrected chi connectivity index (χ2v) is 8.42. The molecule has 0 aromatic heterocycles. The van der Waals surface area contributed by atoms with Crippen molar-refractivity contribution in [1.82, 2.24) is 5.32 Å². The first-order chi connectivity index (χ1) is 16.9. The van der Waals surface area contributed by atoms with E-state index in [2.05, 4.69) is 10.6 Å². The van der Waals surface area contributed by atoms with Gasteiger partial charge in [-0.1, -0.05) is 42.0 Å². The van der Waals surface area contributed by atoms with Gasteiger partial charge in [-0.25, -0.2) is 0 Å². The number of nitrogens with zero attached hydrogens (tertiary/aromatic N) is 1. The number of rotatable bonds is 7. The first-order valence-corrected chi connectivity index (χ1v) is 11.4. The number of nitrogens with one attached hydrogen (secondary N) is 2. The van der Waals surface area contributed by atoms with Crippen LogP contribution in [0.3, 0.4) is 0 Å². The lowest BCUT2D eigenvalue weighted by Crippen LogP contribution is -2.30. The van der Waals surface area contributed by atoms with Gasteiger partial charge >= 0.3 is 0 Å². The van der Waals surface area contributed by atoms with E-state index >= 15 is 0 Å². The third-order valence-electron chi connectivity index (χ3n) is 5.43. The number of carbonyl (C=O) groups is 2. The van der Waals surface area contributed by atoms with Gasteiger partial charge in [-0.3, -0.25) is 14.5 Å². The summed E-state index contributed by atoms with van der Waals surface area (Å²) < 4.78 is 11.1. The molecule has 0 atom stereocenters. The van der Waals surface area contributed by atoms with Gasteiger partial charge in [-0.2, -0.15) is 0 Å². The van der Waals surface area contributed by atoms with Crippen LogP contribution in [-0.4, -0.2) is 30.6 Å². The fraction of sp³-hybridized carbons (Fsp3) is 0.148. The van der Waals surface area contributed by atoms with Gasteiger partial charge in [0.2, 0.25) is 0 Å². The predicted molar refractivity (Wildman–Crippen MR) is 141 cm³/mol. The molecule has 0 saturated carbocycles. The lowest BCUT2D eigenvalue weighted by molar-refractivity contribution is -0.118. The summed E-state index contributed by atoms with van der Waals surface area (Å²) in [5.74, 6) is 0.326. The summed E-state index contributed by atoms with van der Waals surface area (Å²) >= 11 is 5.40. The molecule has 3 aromatic carbocycles. The van der Waals surface area contributed by atoms with Crippen molar-refractivity contribution in [3.63, 3.8) is 0 Å². The van der Waals surface area contributed by atoms with Crippen molar-refractivity contribution in [2.75, 3.05) is 23.9 Å². The molecule has 178 valence electrons. The number of methoxy groups -OCH3 is 1. The van der Waals surface area contributed by atoms with Crippen LogP contribution < -0.4 is 25.0 Å². The molecule has 0 aliphatic carbocycles. The molecule has 1 aliphatic rings. The van der Waals surface area contributed by atoms with E-state index in [0.29, 0.717) is 33.6 Å². The average molecular weight is 488 g/mol. The Morgan fingerprint density at radius 1 is 1.06 bits per heavy atom. The number of amides is 2. The maximum Gasteiger partial charge on any atom is 0.281 e. The SMILES string of the molecule is COc1cc(/C=C2/NC(=S)N(c3ccccc3C)C2=O)ccc1OCC(=O)Nc1ccc(C)cc1. The highest BCUT2D eigenvalue weighted by molar-refractivity contribution is 7.80. The normalized spacial score (nSPS) is 14.1. The number of benzene rings is 3. The lowest BCUT2D eigenvalue weighted by atomic mass is 10.1. The van der Waals surface area contributed by atoms with Gasteiger partial charge in [0.05, 0.1) is 12.8 Å². The first kappa shape index (κ1) is 24.0. The van der Waals surface area contributed by atoms with Crippen LogP contribution in [0.5, 0.6) is 11.5 Å². The number of ether oxygens (including phenoxy) is 2. The fourth-order valence-corrected chi connectivity index (χ4v) is 3.90. The third-order valence-corrected chi connectivity index (χ3v) is 5.71. The number of anilines is 2. The molecule has 3 aromatic rings.